The molecular weight excluding hydrogens is 355 g/mol. The second kappa shape index (κ2) is 7.49. The fraction of sp³-hybridized carbons (Fsp3) is 0.105. The maximum absolute atomic E-state index is 13.0. The average Bonchev–Trinajstić information content (AvgIpc) is 2.60. The molecule has 1 amide bonds. The Bertz CT molecular complexity index is 960. The van der Waals surface area contributed by atoms with Crippen molar-refractivity contribution in [3.8, 4) is 0 Å². The summed E-state index contributed by atoms with van der Waals surface area (Å²) in [5.74, 6) is 0.177. The number of carbonyl (C=O) groups is 1. The molecular formula is C19H16ClFN4O. The standard InChI is InChI=1S/C19H16ClFN4O/c1-11-15(20)4-3-5-16(11)25-19(26)17-10-18(23-12(2)22-17)24-14-8-6-13(21)7-9-14/h3-10H,1-2H3,(H,25,26)(H,22,23,24). The summed E-state index contributed by atoms with van der Waals surface area (Å²) in [6.45, 7) is 3.52. The molecule has 26 heavy (non-hydrogen) atoms. The van der Waals surface area contributed by atoms with Crippen LogP contribution in [0.4, 0.5) is 21.6 Å². The molecule has 0 radical (unpaired) electrons. The average molecular weight is 371 g/mol. The first-order valence-electron chi connectivity index (χ1n) is 7.87. The van der Waals surface area contributed by atoms with E-state index in [0.717, 1.165) is 5.56 Å². The Labute approximate surface area is 155 Å². The summed E-state index contributed by atoms with van der Waals surface area (Å²) in [6, 6.07) is 12.7. The topological polar surface area (TPSA) is 66.9 Å². The monoisotopic (exact) mass is 370 g/mol. The zero-order chi connectivity index (χ0) is 18.7. The van der Waals surface area contributed by atoms with Gasteiger partial charge in [0.05, 0.1) is 0 Å². The Hall–Kier alpha value is -2.99. The minimum absolute atomic E-state index is 0.210. The van der Waals surface area contributed by atoms with Gasteiger partial charge in [-0.15, -0.1) is 0 Å². The zero-order valence-electron chi connectivity index (χ0n) is 14.2. The van der Waals surface area contributed by atoms with Gasteiger partial charge in [-0.05, 0) is 55.8 Å². The van der Waals surface area contributed by atoms with Crippen molar-refractivity contribution in [2.24, 2.45) is 0 Å². The van der Waals surface area contributed by atoms with Crippen molar-refractivity contribution in [3.05, 3.63) is 76.5 Å². The summed E-state index contributed by atoms with van der Waals surface area (Å²) in [4.78, 5) is 21.0. The molecule has 0 bridgehead atoms. The third-order valence-electron chi connectivity index (χ3n) is 3.70. The molecule has 2 aromatic carbocycles. The van der Waals surface area contributed by atoms with Gasteiger partial charge >= 0.3 is 0 Å². The number of benzene rings is 2. The van der Waals surface area contributed by atoms with Crippen molar-refractivity contribution in [1.82, 2.24) is 9.97 Å². The Morgan fingerprint density at radius 2 is 1.81 bits per heavy atom. The Kier molecular flexibility index (Phi) is 5.14. The maximum atomic E-state index is 13.0. The number of rotatable bonds is 4. The van der Waals surface area contributed by atoms with Crippen molar-refractivity contribution in [1.29, 1.82) is 0 Å². The molecule has 0 fully saturated rings. The van der Waals surface area contributed by atoms with Gasteiger partial charge in [0.1, 0.15) is 23.2 Å². The van der Waals surface area contributed by atoms with Gasteiger partial charge in [-0.1, -0.05) is 17.7 Å². The van der Waals surface area contributed by atoms with Crippen LogP contribution in [-0.4, -0.2) is 15.9 Å². The number of hydrogen-bond donors (Lipinski definition) is 2. The first-order chi connectivity index (χ1) is 12.4. The molecule has 1 aromatic heterocycles. The van der Waals surface area contributed by atoms with Gasteiger partial charge in [0, 0.05) is 22.5 Å². The molecule has 0 aliphatic rings. The summed E-state index contributed by atoms with van der Waals surface area (Å²) < 4.78 is 13.0. The quantitative estimate of drug-likeness (QED) is 0.686. The summed E-state index contributed by atoms with van der Waals surface area (Å²) in [7, 11) is 0. The van der Waals surface area contributed by atoms with Crippen molar-refractivity contribution < 1.29 is 9.18 Å². The van der Waals surface area contributed by atoms with E-state index >= 15 is 0 Å². The fourth-order valence-corrected chi connectivity index (χ4v) is 2.53. The molecule has 0 aliphatic heterocycles. The van der Waals surface area contributed by atoms with E-state index in [1.54, 1.807) is 37.3 Å². The van der Waals surface area contributed by atoms with Gasteiger partial charge in [-0.2, -0.15) is 0 Å². The Morgan fingerprint density at radius 1 is 1.08 bits per heavy atom. The highest BCUT2D eigenvalue weighted by Gasteiger charge is 2.13. The van der Waals surface area contributed by atoms with Gasteiger partial charge in [-0.3, -0.25) is 4.79 Å². The molecule has 0 saturated carbocycles. The van der Waals surface area contributed by atoms with Crippen LogP contribution in [0.25, 0.3) is 0 Å². The number of nitrogens with one attached hydrogen (secondary N) is 2. The van der Waals surface area contributed by atoms with Gasteiger partial charge < -0.3 is 10.6 Å². The van der Waals surface area contributed by atoms with E-state index in [9.17, 15) is 9.18 Å². The summed E-state index contributed by atoms with van der Waals surface area (Å²) in [5.41, 5.74) is 2.26. The lowest BCUT2D eigenvalue weighted by Gasteiger charge is -2.11. The third kappa shape index (κ3) is 4.15. The zero-order valence-corrected chi connectivity index (χ0v) is 14.9. The van der Waals surface area contributed by atoms with Gasteiger partial charge in [0.25, 0.3) is 5.91 Å². The van der Waals surface area contributed by atoms with Crippen LogP contribution in [0.3, 0.4) is 0 Å². The van der Waals surface area contributed by atoms with E-state index in [1.165, 1.54) is 18.2 Å². The fourth-order valence-electron chi connectivity index (χ4n) is 2.36. The van der Waals surface area contributed by atoms with Crippen molar-refractivity contribution in [3.63, 3.8) is 0 Å². The predicted molar refractivity (Wildman–Crippen MR) is 101 cm³/mol. The van der Waals surface area contributed by atoms with Gasteiger partial charge in [0.15, 0.2) is 0 Å². The highest BCUT2D eigenvalue weighted by atomic mass is 35.5. The van der Waals surface area contributed by atoms with E-state index < -0.39 is 0 Å². The SMILES string of the molecule is Cc1nc(Nc2ccc(F)cc2)cc(C(=O)Nc2cccc(Cl)c2C)n1. The van der Waals surface area contributed by atoms with E-state index in [4.69, 9.17) is 11.6 Å². The van der Waals surface area contributed by atoms with Crippen molar-refractivity contribution in [2.45, 2.75) is 13.8 Å². The van der Waals surface area contributed by atoms with E-state index in [-0.39, 0.29) is 17.4 Å². The number of nitrogens with zero attached hydrogens (tertiary/aromatic N) is 2. The smallest absolute Gasteiger partial charge is 0.274 e. The number of carbonyl (C=O) groups excluding carboxylic acids is 1. The highest BCUT2D eigenvalue weighted by molar-refractivity contribution is 6.31. The number of anilines is 3. The number of aryl methyl sites for hydroxylation is 1. The maximum Gasteiger partial charge on any atom is 0.274 e. The molecule has 3 aromatic rings. The predicted octanol–water partition coefficient (Wildman–Crippen LogP) is 4.88. The van der Waals surface area contributed by atoms with Crippen LogP contribution in [0.5, 0.6) is 0 Å². The van der Waals surface area contributed by atoms with Crippen molar-refractivity contribution in [2.75, 3.05) is 10.6 Å². The molecule has 1 heterocycles. The number of aromatic nitrogens is 2. The molecule has 3 rings (SSSR count). The van der Waals surface area contributed by atoms with Gasteiger partial charge in [0.2, 0.25) is 0 Å². The van der Waals surface area contributed by atoms with Crippen molar-refractivity contribution >= 4 is 34.7 Å². The molecule has 0 unspecified atom stereocenters. The van der Waals surface area contributed by atoms with Crippen LogP contribution in [0.15, 0.2) is 48.5 Å². The summed E-state index contributed by atoms with van der Waals surface area (Å²) in [5, 5.41) is 6.40. The van der Waals surface area contributed by atoms with Crippen LogP contribution >= 0.6 is 11.6 Å². The van der Waals surface area contributed by atoms with Crippen LogP contribution in [0.2, 0.25) is 5.02 Å². The van der Waals surface area contributed by atoms with Crippen LogP contribution in [0, 0.1) is 19.7 Å². The molecule has 7 heteroatoms. The van der Waals surface area contributed by atoms with E-state index in [1.807, 2.05) is 6.92 Å². The van der Waals surface area contributed by atoms with Crippen LogP contribution in [0.1, 0.15) is 21.9 Å². The normalized spacial score (nSPS) is 10.5. The molecule has 0 spiro atoms. The highest BCUT2D eigenvalue weighted by Crippen LogP contribution is 2.23. The lowest BCUT2D eigenvalue weighted by atomic mass is 10.2. The number of amides is 1. The molecule has 5 nitrogen and oxygen atoms in total. The molecule has 0 aliphatic carbocycles. The molecule has 0 saturated heterocycles. The van der Waals surface area contributed by atoms with Gasteiger partial charge in [-0.25, -0.2) is 14.4 Å². The Morgan fingerprint density at radius 3 is 2.54 bits per heavy atom. The third-order valence-corrected chi connectivity index (χ3v) is 4.11. The van der Waals surface area contributed by atoms with E-state index in [2.05, 4.69) is 20.6 Å². The number of halogens is 2. The largest absolute Gasteiger partial charge is 0.340 e. The molecule has 0 atom stereocenters. The summed E-state index contributed by atoms with van der Waals surface area (Å²) >= 11 is 6.08. The second-order valence-electron chi connectivity index (χ2n) is 5.68. The van der Waals surface area contributed by atoms with Crippen LogP contribution in [-0.2, 0) is 0 Å². The molecule has 2 N–H and O–H groups in total. The second-order valence-corrected chi connectivity index (χ2v) is 6.09. The first kappa shape index (κ1) is 17.8. The summed E-state index contributed by atoms with van der Waals surface area (Å²) in [6.07, 6.45) is 0. The first-order valence-corrected chi connectivity index (χ1v) is 8.25. The number of hydrogen-bond acceptors (Lipinski definition) is 4. The Balaban J connectivity index is 1.83. The molecule has 132 valence electrons. The van der Waals surface area contributed by atoms with E-state index in [0.29, 0.717) is 28.0 Å². The lowest BCUT2D eigenvalue weighted by molar-refractivity contribution is 0.102. The minimum atomic E-state index is -0.372. The van der Waals surface area contributed by atoms with Crippen LogP contribution < -0.4 is 10.6 Å². The lowest BCUT2D eigenvalue weighted by Crippen LogP contribution is -2.16. The minimum Gasteiger partial charge on any atom is -0.340 e.